The predicted octanol–water partition coefficient (Wildman–Crippen LogP) is 3.25. The van der Waals surface area contributed by atoms with E-state index >= 15 is 0 Å². The van der Waals surface area contributed by atoms with Gasteiger partial charge in [-0.3, -0.25) is 9.59 Å². The first-order valence-corrected chi connectivity index (χ1v) is 12.0. The highest BCUT2D eigenvalue weighted by Crippen LogP contribution is 2.28. The maximum absolute atomic E-state index is 12.8. The number of nitrogens with one attached hydrogen (secondary N) is 1. The van der Waals surface area contributed by atoms with Crippen molar-refractivity contribution in [2.24, 2.45) is 0 Å². The summed E-state index contributed by atoms with van der Waals surface area (Å²) in [6.45, 7) is 6.20. The molecule has 1 fully saturated rings. The molecule has 3 rings (SSSR count). The molecule has 2 aromatic rings. The molecule has 0 unspecified atom stereocenters. The highest BCUT2D eigenvalue weighted by atomic mass is 16.7. The Morgan fingerprint density at radius 3 is 2.06 bits per heavy atom. The molecule has 0 aliphatic carbocycles. The number of carbonyl (C=O) groups is 4. The zero-order valence-electron chi connectivity index (χ0n) is 20.9. The van der Waals surface area contributed by atoms with Gasteiger partial charge >= 0.3 is 23.9 Å². The van der Waals surface area contributed by atoms with E-state index in [1.807, 2.05) is 60.7 Å². The van der Waals surface area contributed by atoms with Crippen molar-refractivity contribution in [3.05, 3.63) is 71.8 Å². The second kappa shape index (κ2) is 12.2. The van der Waals surface area contributed by atoms with Crippen LogP contribution in [0.2, 0.25) is 0 Å². The number of benzene rings is 2. The fourth-order valence-corrected chi connectivity index (χ4v) is 3.86. The average Bonchev–Trinajstić information content (AvgIpc) is 2.84. The van der Waals surface area contributed by atoms with Gasteiger partial charge in [-0.15, -0.1) is 0 Å². The molecule has 1 aliphatic heterocycles. The minimum absolute atomic E-state index is 0.0199. The first kappa shape index (κ1) is 26.7. The fraction of sp³-hybridized carbons (Fsp3) is 0.407. The largest absolute Gasteiger partial charge is 0.444 e. The van der Waals surface area contributed by atoms with Gasteiger partial charge in [0.25, 0.3) is 0 Å². The molecule has 1 heterocycles. The SMILES string of the molecule is CC(C)(C)OC(=O)NCCCN1CCN(OC(=O)CC(c2ccccc2)c2ccccc2)C(=O)C1=O. The van der Waals surface area contributed by atoms with Gasteiger partial charge in [0.2, 0.25) is 0 Å². The quantitative estimate of drug-likeness (QED) is 0.423. The van der Waals surface area contributed by atoms with Gasteiger partial charge in [-0.1, -0.05) is 60.7 Å². The van der Waals surface area contributed by atoms with Crippen LogP contribution in [0.5, 0.6) is 0 Å². The molecule has 1 N–H and O–H groups in total. The molecular formula is C27H33N3O6. The van der Waals surface area contributed by atoms with E-state index in [2.05, 4.69) is 5.32 Å². The third-order valence-electron chi connectivity index (χ3n) is 5.53. The maximum Gasteiger partial charge on any atom is 0.407 e. The van der Waals surface area contributed by atoms with Crippen LogP contribution in [-0.4, -0.2) is 65.6 Å². The molecule has 0 bridgehead atoms. The van der Waals surface area contributed by atoms with Crippen LogP contribution in [0.15, 0.2) is 60.7 Å². The lowest BCUT2D eigenvalue weighted by Crippen LogP contribution is -2.55. The van der Waals surface area contributed by atoms with Crippen molar-refractivity contribution < 1.29 is 28.8 Å². The molecule has 9 heteroatoms. The van der Waals surface area contributed by atoms with Crippen molar-refractivity contribution >= 4 is 23.9 Å². The minimum atomic E-state index is -0.884. The van der Waals surface area contributed by atoms with Crippen LogP contribution in [0.25, 0.3) is 0 Å². The van der Waals surface area contributed by atoms with Gasteiger partial charge in [0.05, 0.1) is 13.0 Å². The van der Waals surface area contributed by atoms with E-state index in [0.29, 0.717) is 13.0 Å². The molecular weight excluding hydrogens is 462 g/mol. The Bertz CT molecular complexity index is 1010. The number of piperazine rings is 1. The van der Waals surface area contributed by atoms with Crippen molar-refractivity contribution in [3.63, 3.8) is 0 Å². The third-order valence-corrected chi connectivity index (χ3v) is 5.53. The lowest BCUT2D eigenvalue weighted by molar-refractivity contribution is -0.205. The van der Waals surface area contributed by atoms with Crippen LogP contribution in [-0.2, 0) is 24.0 Å². The van der Waals surface area contributed by atoms with E-state index in [1.54, 1.807) is 20.8 Å². The Balaban J connectivity index is 1.50. The van der Waals surface area contributed by atoms with Crippen LogP contribution in [0.4, 0.5) is 4.79 Å². The maximum atomic E-state index is 12.8. The van der Waals surface area contributed by atoms with E-state index in [1.165, 1.54) is 4.90 Å². The summed E-state index contributed by atoms with van der Waals surface area (Å²) in [5.41, 5.74) is 1.31. The van der Waals surface area contributed by atoms with Gasteiger partial charge in [-0.25, -0.2) is 9.59 Å². The van der Waals surface area contributed by atoms with E-state index in [0.717, 1.165) is 16.2 Å². The van der Waals surface area contributed by atoms with Gasteiger partial charge in [-0.05, 0) is 38.3 Å². The number of amides is 3. The first-order chi connectivity index (χ1) is 17.1. The van der Waals surface area contributed by atoms with E-state index < -0.39 is 29.5 Å². The molecule has 9 nitrogen and oxygen atoms in total. The predicted molar refractivity (Wildman–Crippen MR) is 133 cm³/mol. The molecule has 0 spiro atoms. The molecule has 36 heavy (non-hydrogen) atoms. The Hall–Kier alpha value is -3.88. The van der Waals surface area contributed by atoms with Crippen LogP contribution in [0.1, 0.15) is 50.7 Å². The number of hydroxylamine groups is 2. The van der Waals surface area contributed by atoms with Gasteiger partial charge in [0.1, 0.15) is 5.60 Å². The van der Waals surface area contributed by atoms with Crippen molar-refractivity contribution in [2.75, 3.05) is 26.2 Å². The lowest BCUT2D eigenvalue weighted by Gasteiger charge is -2.32. The summed E-state index contributed by atoms with van der Waals surface area (Å²) < 4.78 is 5.16. The third kappa shape index (κ3) is 7.83. The summed E-state index contributed by atoms with van der Waals surface area (Å²) in [5.74, 6) is -2.46. The van der Waals surface area contributed by atoms with Crippen LogP contribution < -0.4 is 5.32 Å². The topological polar surface area (TPSA) is 105 Å². The molecule has 3 amide bonds. The fourth-order valence-electron chi connectivity index (χ4n) is 3.86. The molecule has 192 valence electrons. The summed E-state index contributed by atoms with van der Waals surface area (Å²) in [5, 5.41) is 3.46. The second-order valence-corrected chi connectivity index (χ2v) is 9.52. The van der Waals surface area contributed by atoms with Gasteiger partial charge < -0.3 is 19.8 Å². The number of carbonyl (C=O) groups excluding carboxylic acids is 4. The zero-order valence-corrected chi connectivity index (χ0v) is 20.9. The first-order valence-electron chi connectivity index (χ1n) is 12.0. The minimum Gasteiger partial charge on any atom is -0.444 e. The summed E-state index contributed by atoms with van der Waals surface area (Å²) in [7, 11) is 0. The lowest BCUT2D eigenvalue weighted by atomic mass is 9.89. The van der Waals surface area contributed by atoms with Crippen molar-refractivity contribution in [2.45, 2.75) is 45.1 Å². The molecule has 1 aliphatic rings. The number of ether oxygens (including phenoxy) is 1. The number of rotatable bonds is 9. The molecule has 1 saturated heterocycles. The normalized spacial score (nSPS) is 14.1. The second-order valence-electron chi connectivity index (χ2n) is 9.52. The summed E-state index contributed by atoms with van der Waals surface area (Å²) >= 11 is 0. The molecule has 0 aromatic heterocycles. The monoisotopic (exact) mass is 495 g/mol. The van der Waals surface area contributed by atoms with Crippen LogP contribution in [0, 0.1) is 0 Å². The van der Waals surface area contributed by atoms with E-state index in [-0.39, 0.29) is 32.0 Å². The number of nitrogens with zero attached hydrogens (tertiary/aromatic N) is 2. The number of hydrogen-bond acceptors (Lipinski definition) is 6. The van der Waals surface area contributed by atoms with Crippen LogP contribution in [0.3, 0.4) is 0 Å². The Morgan fingerprint density at radius 2 is 1.50 bits per heavy atom. The van der Waals surface area contributed by atoms with E-state index in [4.69, 9.17) is 9.57 Å². The van der Waals surface area contributed by atoms with Gasteiger partial charge in [0, 0.05) is 25.6 Å². The molecule has 0 radical (unpaired) electrons. The van der Waals surface area contributed by atoms with E-state index in [9.17, 15) is 19.2 Å². The number of alkyl carbamates (subject to hydrolysis) is 1. The Morgan fingerprint density at radius 1 is 0.917 bits per heavy atom. The van der Waals surface area contributed by atoms with Gasteiger partial charge in [0.15, 0.2) is 0 Å². The number of hydrogen-bond donors (Lipinski definition) is 1. The molecule has 0 saturated carbocycles. The molecule has 0 atom stereocenters. The average molecular weight is 496 g/mol. The highest BCUT2D eigenvalue weighted by Gasteiger charge is 2.35. The molecule has 2 aromatic carbocycles. The zero-order chi connectivity index (χ0) is 26.1. The highest BCUT2D eigenvalue weighted by molar-refractivity contribution is 6.35. The van der Waals surface area contributed by atoms with Crippen molar-refractivity contribution in [1.29, 1.82) is 0 Å². The van der Waals surface area contributed by atoms with Crippen molar-refractivity contribution in [3.8, 4) is 0 Å². The Labute approximate surface area is 211 Å². The van der Waals surface area contributed by atoms with Crippen LogP contribution >= 0.6 is 0 Å². The van der Waals surface area contributed by atoms with Gasteiger partial charge in [-0.2, -0.15) is 5.06 Å². The standard InChI is InChI=1S/C27H33N3O6/c1-27(2,3)35-26(34)28-15-10-16-29-17-18-30(25(33)24(29)32)36-23(31)19-22(20-11-6-4-7-12-20)21-13-8-5-9-14-21/h4-9,11-14,22H,10,15-19H2,1-3H3,(H,28,34). The smallest absolute Gasteiger partial charge is 0.407 e. The Kier molecular flexibility index (Phi) is 9.05. The summed E-state index contributed by atoms with van der Waals surface area (Å²) in [6.07, 6.45) is -0.0640. The summed E-state index contributed by atoms with van der Waals surface area (Å²) in [4.78, 5) is 56.3. The summed E-state index contributed by atoms with van der Waals surface area (Å²) in [6, 6.07) is 19.2. The van der Waals surface area contributed by atoms with Crippen molar-refractivity contribution in [1.82, 2.24) is 15.3 Å².